The van der Waals surface area contributed by atoms with Crippen molar-refractivity contribution in [2.45, 2.75) is 26.8 Å². The topological polar surface area (TPSA) is 64.0 Å². The molecule has 1 heterocycles. The van der Waals surface area contributed by atoms with Gasteiger partial charge in [-0.2, -0.15) is 0 Å². The standard InChI is InChI=1S/C19H18ClN3O2/c1-3-17-21-15-7-5-4-6-13(15)19(25)23(17)11-18(24)22-16-9-8-12(2)10-14(16)20/h4-10H,3,11H2,1-2H3,(H,22,24). The second-order valence-corrected chi connectivity index (χ2v) is 6.23. The quantitative estimate of drug-likeness (QED) is 0.778. The maximum atomic E-state index is 12.7. The van der Waals surface area contributed by atoms with Gasteiger partial charge < -0.3 is 5.32 Å². The molecule has 1 amide bonds. The van der Waals surface area contributed by atoms with Crippen LogP contribution < -0.4 is 10.9 Å². The van der Waals surface area contributed by atoms with E-state index >= 15 is 0 Å². The molecule has 2 aromatic carbocycles. The van der Waals surface area contributed by atoms with Crippen molar-refractivity contribution in [1.29, 1.82) is 0 Å². The number of anilines is 1. The molecular weight excluding hydrogens is 338 g/mol. The highest BCUT2D eigenvalue weighted by molar-refractivity contribution is 6.33. The average Bonchev–Trinajstić information content (AvgIpc) is 2.59. The molecule has 5 nitrogen and oxygen atoms in total. The van der Waals surface area contributed by atoms with Gasteiger partial charge in [-0.15, -0.1) is 0 Å². The molecule has 6 heteroatoms. The lowest BCUT2D eigenvalue weighted by Gasteiger charge is -2.13. The third-order valence-corrected chi connectivity index (χ3v) is 4.27. The number of rotatable bonds is 4. The lowest BCUT2D eigenvalue weighted by atomic mass is 10.2. The summed E-state index contributed by atoms with van der Waals surface area (Å²) < 4.78 is 1.42. The Hall–Kier alpha value is -2.66. The fourth-order valence-corrected chi connectivity index (χ4v) is 2.98. The molecule has 0 fully saturated rings. The van der Waals surface area contributed by atoms with Gasteiger partial charge in [-0.05, 0) is 36.8 Å². The number of hydrogen-bond acceptors (Lipinski definition) is 3. The van der Waals surface area contributed by atoms with Crippen molar-refractivity contribution in [3.63, 3.8) is 0 Å². The molecule has 0 radical (unpaired) electrons. The first-order valence-corrected chi connectivity index (χ1v) is 8.42. The summed E-state index contributed by atoms with van der Waals surface area (Å²) in [6.07, 6.45) is 0.554. The lowest BCUT2D eigenvalue weighted by molar-refractivity contribution is -0.116. The van der Waals surface area contributed by atoms with Crippen LogP contribution >= 0.6 is 11.6 Å². The molecule has 0 aliphatic carbocycles. The highest BCUT2D eigenvalue weighted by Gasteiger charge is 2.13. The first kappa shape index (κ1) is 17.2. The molecule has 1 aromatic heterocycles. The number of para-hydroxylation sites is 1. The van der Waals surface area contributed by atoms with Gasteiger partial charge in [0.05, 0.1) is 21.6 Å². The van der Waals surface area contributed by atoms with Crippen molar-refractivity contribution in [3.05, 3.63) is 69.2 Å². The molecule has 0 saturated carbocycles. The van der Waals surface area contributed by atoms with E-state index in [1.807, 2.05) is 26.0 Å². The van der Waals surface area contributed by atoms with Crippen LogP contribution in [-0.4, -0.2) is 15.5 Å². The third kappa shape index (κ3) is 3.56. The fraction of sp³-hybridized carbons (Fsp3) is 0.211. The number of hydrogen-bond donors (Lipinski definition) is 1. The summed E-state index contributed by atoms with van der Waals surface area (Å²) in [7, 11) is 0. The summed E-state index contributed by atoms with van der Waals surface area (Å²) in [6.45, 7) is 3.72. The molecule has 0 saturated heterocycles. The van der Waals surface area contributed by atoms with Gasteiger partial charge in [0.2, 0.25) is 5.91 Å². The molecule has 0 atom stereocenters. The van der Waals surface area contributed by atoms with Crippen LogP contribution in [0.15, 0.2) is 47.3 Å². The molecular formula is C19H18ClN3O2. The van der Waals surface area contributed by atoms with Crippen molar-refractivity contribution in [3.8, 4) is 0 Å². The molecule has 1 N–H and O–H groups in total. The first-order valence-electron chi connectivity index (χ1n) is 8.04. The molecule has 0 aliphatic rings. The van der Waals surface area contributed by atoms with E-state index in [1.165, 1.54) is 4.57 Å². The molecule has 0 spiro atoms. The van der Waals surface area contributed by atoms with Gasteiger partial charge in [-0.25, -0.2) is 4.98 Å². The second kappa shape index (κ2) is 7.07. The van der Waals surface area contributed by atoms with Gasteiger partial charge in [0.25, 0.3) is 5.56 Å². The number of carbonyl (C=O) groups excluding carboxylic acids is 1. The number of carbonyl (C=O) groups is 1. The van der Waals surface area contributed by atoms with Crippen molar-refractivity contribution in [1.82, 2.24) is 9.55 Å². The van der Waals surface area contributed by atoms with Gasteiger partial charge in [0.15, 0.2) is 0 Å². The zero-order chi connectivity index (χ0) is 18.0. The highest BCUT2D eigenvalue weighted by atomic mass is 35.5. The molecule has 0 bridgehead atoms. The van der Waals surface area contributed by atoms with Gasteiger partial charge in [-0.3, -0.25) is 14.2 Å². The van der Waals surface area contributed by atoms with Crippen LogP contribution in [0, 0.1) is 6.92 Å². The van der Waals surface area contributed by atoms with Crippen LogP contribution in [-0.2, 0) is 17.8 Å². The summed E-state index contributed by atoms with van der Waals surface area (Å²) in [6, 6.07) is 12.5. The van der Waals surface area contributed by atoms with Crippen molar-refractivity contribution < 1.29 is 4.79 Å². The van der Waals surface area contributed by atoms with E-state index in [9.17, 15) is 9.59 Å². The van der Waals surface area contributed by atoms with Gasteiger partial charge >= 0.3 is 0 Å². The van der Waals surface area contributed by atoms with Crippen LogP contribution in [0.4, 0.5) is 5.69 Å². The predicted molar refractivity (Wildman–Crippen MR) is 100 cm³/mol. The predicted octanol–water partition coefficient (Wildman–Crippen LogP) is 3.56. The Morgan fingerprint density at radius 1 is 1.24 bits per heavy atom. The molecule has 3 aromatic rings. The Bertz CT molecular complexity index is 1010. The van der Waals surface area contributed by atoms with Crippen LogP contribution in [0.25, 0.3) is 10.9 Å². The Balaban J connectivity index is 1.93. The minimum atomic E-state index is -0.320. The zero-order valence-electron chi connectivity index (χ0n) is 14.0. The number of aromatic nitrogens is 2. The number of fused-ring (bicyclic) bond motifs is 1. The largest absolute Gasteiger partial charge is 0.323 e. The van der Waals surface area contributed by atoms with Crippen molar-refractivity contribution >= 4 is 34.1 Å². The number of aryl methyl sites for hydroxylation is 2. The van der Waals surface area contributed by atoms with E-state index in [0.717, 1.165) is 5.56 Å². The summed E-state index contributed by atoms with van der Waals surface area (Å²) in [5, 5.41) is 3.72. The van der Waals surface area contributed by atoms with E-state index < -0.39 is 0 Å². The Labute approximate surface area is 150 Å². The van der Waals surface area contributed by atoms with Crippen LogP contribution in [0.3, 0.4) is 0 Å². The maximum absolute atomic E-state index is 12.7. The fourth-order valence-electron chi connectivity index (χ4n) is 2.70. The van der Waals surface area contributed by atoms with E-state index in [-0.39, 0.29) is 18.0 Å². The summed E-state index contributed by atoms with van der Waals surface area (Å²) >= 11 is 6.15. The van der Waals surface area contributed by atoms with E-state index in [1.54, 1.807) is 30.3 Å². The second-order valence-electron chi connectivity index (χ2n) is 5.82. The molecule has 128 valence electrons. The number of halogens is 1. The highest BCUT2D eigenvalue weighted by Crippen LogP contribution is 2.22. The third-order valence-electron chi connectivity index (χ3n) is 3.96. The maximum Gasteiger partial charge on any atom is 0.261 e. The average molecular weight is 356 g/mol. The molecule has 0 unspecified atom stereocenters. The monoisotopic (exact) mass is 355 g/mol. The van der Waals surface area contributed by atoms with Crippen LogP contribution in [0.1, 0.15) is 18.3 Å². The number of benzene rings is 2. The first-order chi connectivity index (χ1) is 12.0. The zero-order valence-corrected chi connectivity index (χ0v) is 14.8. The van der Waals surface area contributed by atoms with E-state index in [0.29, 0.717) is 33.9 Å². The van der Waals surface area contributed by atoms with Gasteiger partial charge in [-0.1, -0.05) is 36.7 Å². The van der Waals surface area contributed by atoms with Crippen LogP contribution in [0.5, 0.6) is 0 Å². The SMILES string of the molecule is CCc1nc2ccccc2c(=O)n1CC(=O)Nc1ccc(C)cc1Cl. The molecule has 3 rings (SSSR count). The Morgan fingerprint density at radius 3 is 2.72 bits per heavy atom. The molecule has 25 heavy (non-hydrogen) atoms. The lowest BCUT2D eigenvalue weighted by Crippen LogP contribution is -2.31. The number of nitrogens with zero attached hydrogens (tertiary/aromatic N) is 2. The van der Waals surface area contributed by atoms with Gasteiger partial charge in [0.1, 0.15) is 12.4 Å². The smallest absolute Gasteiger partial charge is 0.261 e. The van der Waals surface area contributed by atoms with E-state index in [2.05, 4.69) is 10.3 Å². The summed E-state index contributed by atoms with van der Waals surface area (Å²) in [5.74, 6) is 0.258. The Morgan fingerprint density at radius 2 is 2.00 bits per heavy atom. The summed E-state index contributed by atoms with van der Waals surface area (Å²) in [5.41, 5.74) is 1.96. The summed E-state index contributed by atoms with van der Waals surface area (Å²) in [4.78, 5) is 29.6. The minimum Gasteiger partial charge on any atom is -0.323 e. The number of nitrogens with one attached hydrogen (secondary N) is 1. The van der Waals surface area contributed by atoms with E-state index in [4.69, 9.17) is 11.6 Å². The number of amides is 1. The van der Waals surface area contributed by atoms with Crippen LogP contribution in [0.2, 0.25) is 5.02 Å². The van der Waals surface area contributed by atoms with Crippen molar-refractivity contribution in [2.75, 3.05) is 5.32 Å². The minimum absolute atomic E-state index is 0.107. The van der Waals surface area contributed by atoms with Crippen molar-refractivity contribution in [2.24, 2.45) is 0 Å². The van der Waals surface area contributed by atoms with Gasteiger partial charge in [0, 0.05) is 6.42 Å². The normalized spacial score (nSPS) is 10.8. The molecule has 0 aliphatic heterocycles. The Kier molecular flexibility index (Phi) is 4.86.